The Hall–Kier alpha value is -2.12. The quantitative estimate of drug-likeness (QED) is 0.611. The Kier molecular flexibility index (Phi) is 4.24. The molecule has 1 aromatic rings. The van der Waals surface area contributed by atoms with Crippen molar-refractivity contribution in [3.63, 3.8) is 0 Å². The van der Waals surface area contributed by atoms with E-state index in [2.05, 4.69) is 10.3 Å². The lowest BCUT2D eigenvalue weighted by Gasteiger charge is -2.15. The van der Waals surface area contributed by atoms with Crippen molar-refractivity contribution in [3.8, 4) is 0 Å². The first-order valence-electron chi connectivity index (χ1n) is 5.54. The van der Waals surface area contributed by atoms with E-state index in [1.165, 1.54) is 4.90 Å². The SMILES string of the molecule is CCN(C)C(=O)CNc1c([N+](=O)[O-])nc(C)n1C. The molecule has 1 N–H and O–H groups in total. The van der Waals surface area contributed by atoms with Crippen LogP contribution in [0.4, 0.5) is 11.6 Å². The number of amides is 1. The number of anilines is 1. The van der Waals surface area contributed by atoms with E-state index in [1.54, 1.807) is 25.6 Å². The van der Waals surface area contributed by atoms with E-state index in [0.29, 0.717) is 12.4 Å². The summed E-state index contributed by atoms with van der Waals surface area (Å²) in [5.41, 5.74) is 0. The lowest BCUT2D eigenvalue weighted by atomic mass is 10.5. The summed E-state index contributed by atoms with van der Waals surface area (Å²) in [6.07, 6.45) is 0. The monoisotopic (exact) mass is 255 g/mol. The summed E-state index contributed by atoms with van der Waals surface area (Å²) < 4.78 is 1.55. The number of imidazole rings is 1. The lowest BCUT2D eigenvalue weighted by molar-refractivity contribution is -0.388. The van der Waals surface area contributed by atoms with Crippen LogP contribution in [0.3, 0.4) is 0 Å². The van der Waals surface area contributed by atoms with E-state index in [1.807, 2.05) is 6.92 Å². The number of nitro groups is 1. The molecule has 0 radical (unpaired) electrons. The van der Waals surface area contributed by atoms with Gasteiger partial charge in [0.05, 0.1) is 6.54 Å². The zero-order valence-electron chi connectivity index (χ0n) is 10.9. The standard InChI is InChI=1S/C10H17N5O3/c1-5-13(3)8(16)6-11-9-10(15(17)18)12-7(2)14(9)4/h11H,5-6H2,1-4H3. The molecule has 1 rings (SSSR count). The Balaban J connectivity index is 2.85. The molecule has 0 aromatic carbocycles. The Morgan fingerprint density at radius 1 is 1.61 bits per heavy atom. The molecule has 0 aliphatic rings. The number of nitrogens with zero attached hydrogens (tertiary/aromatic N) is 4. The molecule has 0 fully saturated rings. The summed E-state index contributed by atoms with van der Waals surface area (Å²) in [7, 11) is 3.33. The fraction of sp³-hybridized carbons (Fsp3) is 0.600. The highest BCUT2D eigenvalue weighted by Gasteiger charge is 2.23. The molecule has 1 amide bonds. The third kappa shape index (κ3) is 2.76. The molecule has 1 heterocycles. The molecular formula is C10H17N5O3. The van der Waals surface area contributed by atoms with Gasteiger partial charge in [-0.2, -0.15) is 0 Å². The van der Waals surface area contributed by atoms with E-state index in [0.717, 1.165) is 0 Å². The molecule has 0 bridgehead atoms. The van der Waals surface area contributed by atoms with Crippen LogP contribution in [0.2, 0.25) is 0 Å². The Labute approximate surface area is 105 Å². The number of likely N-dealkylation sites (N-methyl/N-ethyl adjacent to an activating group) is 1. The number of hydrogen-bond acceptors (Lipinski definition) is 5. The van der Waals surface area contributed by atoms with Crippen molar-refractivity contribution in [3.05, 3.63) is 15.9 Å². The lowest BCUT2D eigenvalue weighted by Crippen LogP contribution is -2.32. The van der Waals surface area contributed by atoms with Crippen LogP contribution in [0, 0.1) is 17.0 Å². The number of carbonyl (C=O) groups excluding carboxylic acids is 1. The fourth-order valence-corrected chi connectivity index (χ4v) is 1.39. The van der Waals surface area contributed by atoms with Crippen LogP contribution in [0.1, 0.15) is 12.7 Å². The van der Waals surface area contributed by atoms with Gasteiger partial charge in [-0.3, -0.25) is 9.36 Å². The van der Waals surface area contributed by atoms with Crippen LogP contribution < -0.4 is 5.32 Å². The van der Waals surface area contributed by atoms with Crippen LogP contribution in [-0.4, -0.2) is 45.4 Å². The highest BCUT2D eigenvalue weighted by atomic mass is 16.6. The molecule has 0 saturated carbocycles. The topological polar surface area (TPSA) is 93.3 Å². The maximum absolute atomic E-state index is 11.6. The zero-order valence-corrected chi connectivity index (χ0v) is 10.9. The van der Waals surface area contributed by atoms with Gasteiger partial charge in [0, 0.05) is 27.6 Å². The summed E-state index contributed by atoms with van der Waals surface area (Å²) in [6, 6.07) is 0. The second kappa shape index (κ2) is 5.48. The van der Waals surface area contributed by atoms with Crippen molar-refractivity contribution < 1.29 is 9.72 Å². The number of carbonyl (C=O) groups is 1. The third-order valence-corrected chi connectivity index (χ3v) is 2.78. The number of nitrogens with one attached hydrogen (secondary N) is 1. The molecule has 0 saturated heterocycles. The predicted octanol–water partition coefficient (Wildman–Crippen LogP) is 0.527. The predicted molar refractivity (Wildman–Crippen MR) is 66.4 cm³/mol. The van der Waals surface area contributed by atoms with Crippen molar-refractivity contribution in [2.75, 3.05) is 25.5 Å². The van der Waals surface area contributed by atoms with Gasteiger partial charge in [0.15, 0.2) is 0 Å². The van der Waals surface area contributed by atoms with Gasteiger partial charge in [0.1, 0.15) is 0 Å². The Morgan fingerprint density at radius 2 is 2.22 bits per heavy atom. The van der Waals surface area contributed by atoms with Crippen LogP contribution in [0.5, 0.6) is 0 Å². The van der Waals surface area contributed by atoms with E-state index < -0.39 is 4.92 Å². The Bertz CT molecular complexity index is 468. The molecule has 100 valence electrons. The fourth-order valence-electron chi connectivity index (χ4n) is 1.39. The smallest absolute Gasteiger partial charge is 0.358 e. The minimum Gasteiger partial charge on any atom is -0.358 e. The average molecular weight is 255 g/mol. The molecule has 1 aromatic heterocycles. The van der Waals surface area contributed by atoms with Gasteiger partial charge < -0.3 is 20.3 Å². The molecule has 8 heteroatoms. The van der Waals surface area contributed by atoms with Gasteiger partial charge in [0.2, 0.25) is 17.5 Å². The van der Waals surface area contributed by atoms with E-state index in [-0.39, 0.29) is 24.1 Å². The molecule has 0 aliphatic carbocycles. The molecule has 0 unspecified atom stereocenters. The molecule has 0 aliphatic heterocycles. The van der Waals surface area contributed by atoms with Crippen molar-refractivity contribution >= 4 is 17.5 Å². The number of aromatic nitrogens is 2. The first-order valence-corrected chi connectivity index (χ1v) is 5.54. The van der Waals surface area contributed by atoms with Gasteiger partial charge in [0.25, 0.3) is 0 Å². The van der Waals surface area contributed by atoms with Gasteiger partial charge >= 0.3 is 5.82 Å². The largest absolute Gasteiger partial charge is 0.406 e. The molecule has 18 heavy (non-hydrogen) atoms. The first-order chi connectivity index (χ1) is 8.38. The summed E-state index contributed by atoms with van der Waals surface area (Å²) in [5, 5.41) is 13.6. The van der Waals surface area contributed by atoms with Crippen molar-refractivity contribution in [1.29, 1.82) is 0 Å². The maximum atomic E-state index is 11.6. The zero-order chi connectivity index (χ0) is 13.9. The van der Waals surface area contributed by atoms with Gasteiger partial charge in [-0.15, -0.1) is 0 Å². The van der Waals surface area contributed by atoms with Gasteiger partial charge in [-0.25, -0.2) is 0 Å². The molecular weight excluding hydrogens is 238 g/mol. The minimum absolute atomic E-state index is 0.00412. The average Bonchev–Trinajstić information content (AvgIpc) is 2.62. The number of rotatable bonds is 5. The van der Waals surface area contributed by atoms with Crippen LogP contribution >= 0.6 is 0 Å². The second-order valence-electron chi connectivity index (χ2n) is 3.91. The van der Waals surface area contributed by atoms with Crippen molar-refractivity contribution in [2.45, 2.75) is 13.8 Å². The van der Waals surface area contributed by atoms with Crippen LogP contribution in [0.15, 0.2) is 0 Å². The number of hydrogen-bond donors (Lipinski definition) is 1. The third-order valence-electron chi connectivity index (χ3n) is 2.78. The summed E-state index contributed by atoms with van der Waals surface area (Å²) in [6.45, 7) is 4.11. The number of aryl methyl sites for hydroxylation is 1. The molecule has 0 spiro atoms. The van der Waals surface area contributed by atoms with Crippen molar-refractivity contribution in [2.24, 2.45) is 7.05 Å². The Morgan fingerprint density at radius 3 is 2.72 bits per heavy atom. The minimum atomic E-state index is -0.566. The molecule has 0 atom stereocenters. The van der Waals surface area contributed by atoms with Gasteiger partial charge in [-0.1, -0.05) is 0 Å². The van der Waals surface area contributed by atoms with Crippen molar-refractivity contribution in [1.82, 2.24) is 14.5 Å². The summed E-state index contributed by atoms with van der Waals surface area (Å²) in [4.78, 5) is 27.2. The van der Waals surface area contributed by atoms with E-state index >= 15 is 0 Å². The van der Waals surface area contributed by atoms with E-state index in [9.17, 15) is 14.9 Å². The first kappa shape index (κ1) is 13.9. The summed E-state index contributed by atoms with van der Waals surface area (Å²) in [5.74, 6) is 0.364. The second-order valence-corrected chi connectivity index (χ2v) is 3.91. The van der Waals surface area contributed by atoms with Crippen LogP contribution in [-0.2, 0) is 11.8 Å². The highest BCUT2D eigenvalue weighted by Crippen LogP contribution is 2.23. The molecule has 8 nitrogen and oxygen atoms in total. The van der Waals surface area contributed by atoms with Gasteiger partial charge in [-0.05, 0) is 16.8 Å². The highest BCUT2D eigenvalue weighted by molar-refractivity contribution is 5.80. The van der Waals surface area contributed by atoms with Crippen LogP contribution in [0.25, 0.3) is 0 Å². The normalized spacial score (nSPS) is 10.2. The van der Waals surface area contributed by atoms with E-state index in [4.69, 9.17) is 0 Å². The summed E-state index contributed by atoms with van der Waals surface area (Å²) >= 11 is 0. The maximum Gasteiger partial charge on any atom is 0.406 e.